The Morgan fingerprint density at radius 3 is 2.59 bits per heavy atom. The van der Waals surface area contributed by atoms with Crippen LogP contribution in [0.5, 0.6) is 0 Å². The summed E-state index contributed by atoms with van der Waals surface area (Å²) in [4.78, 5) is 18.6. The molecule has 2 amide bonds. The normalized spacial score (nSPS) is 17.6. The van der Waals surface area contributed by atoms with Crippen molar-refractivity contribution < 1.29 is 4.79 Å². The highest BCUT2D eigenvalue weighted by Gasteiger charge is 2.23. The van der Waals surface area contributed by atoms with Gasteiger partial charge in [0, 0.05) is 57.9 Å². The van der Waals surface area contributed by atoms with Crippen molar-refractivity contribution >= 4 is 6.03 Å². The molecule has 5 heteroatoms. The minimum Gasteiger partial charge on any atom is -0.351 e. The van der Waals surface area contributed by atoms with Gasteiger partial charge in [-0.1, -0.05) is 70.4 Å². The molecule has 0 radical (unpaired) electrons. The zero-order valence-electron chi connectivity index (χ0n) is 20.8. The third-order valence-electron chi connectivity index (χ3n) is 5.53. The van der Waals surface area contributed by atoms with E-state index in [0.29, 0.717) is 0 Å². The Labute approximate surface area is 196 Å². The number of allylic oxidation sites excluding steroid dienone is 5. The number of nitrogens with zero attached hydrogens (tertiary/aromatic N) is 3. The first-order chi connectivity index (χ1) is 15.6. The van der Waals surface area contributed by atoms with E-state index in [4.69, 9.17) is 0 Å². The first kappa shape index (κ1) is 27.5. The second kappa shape index (κ2) is 16.2. The van der Waals surface area contributed by atoms with Crippen LogP contribution in [0.2, 0.25) is 0 Å². The molecule has 5 nitrogen and oxygen atoms in total. The van der Waals surface area contributed by atoms with Crippen LogP contribution in [0.1, 0.15) is 47.0 Å². The highest BCUT2D eigenvalue weighted by atomic mass is 16.2. The van der Waals surface area contributed by atoms with E-state index in [-0.39, 0.29) is 6.03 Å². The molecule has 1 fully saturated rings. The largest absolute Gasteiger partial charge is 0.351 e. The highest BCUT2D eigenvalue weighted by molar-refractivity contribution is 5.76. The predicted octanol–water partition coefficient (Wildman–Crippen LogP) is 5.49. The lowest BCUT2D eigenvalue weighted by Crippen LogP contribution is -2.41. The van der Waals surface area contributed by atoms with Gasteiger partial charge >= 0.3 is 6.03 Å². The Kier molecular flexibility index (Phi) is 13.9. The summed E-state index contributed by atoms with van der Waals surface area (Å²) < 4.78 is 0. The summed E-state index contributed by atoms with van der Waals surface area (Å²) in [6, 6.07) is 0.0687. The van der Waals surface area contributed by atoms with Crippen molar-refractivity contribution in [1.29, 1.82) is 0 Å². The van der Waals surface area contributed by atoms with Crippen LogP contribution in [-0.4, -0.2) is 66.5 Å². The van der Waals surface area contributed by atoms with Gasteiger partial charge in [0.2, 0.25) is 0 Å². The molecule has 178 valence electrons. The molecule has 0 aromatic carbocycles. The van der Waals surface area contributed by atoms with E-state index < -0.39 is 0 Å². The maximum atomic E-state index is 11.8. The molecule has 0 spiro atoms. The molecule has 2 heterocycles. The lowest BCUT2D eigenvalue weighted by Gasteiger charge is -2.35. The van der Waals surface area contributed by atoms with Crippen molar-refractivity contribution in [2.24, 2.45) is 0 Å². The van der Waals surface area contributed by atoms with Crippen LogP contribution in [0.4, 0.5) is 4.79 Å². The minimum atomic E-state index is 0.0687. The van der Waals surface area contributed by atoms with Gasteiger partial charge in [0.1, 0.15) is 0 Å². The Balaban J connectivity index is 0.00000249. The summed E-state index contributed by atoms with van der Waals surface area (Å²) in [7, 11) is 0. The fourth-order valence-corrected chi connectivity index (χ4v) is 3.88. The molecule has 0 aromatic heterocycles. The van der Waals surface area contributed by atoms with E-state index in [9.17, 15) is 4.79 Å². The second-order valence-corrected chi connectivity index (χ2v) is 7.63. The predicted molar refractivity (Wildman–Crippen MR) is 138 cm³/mol. The van der Waals surface area contributed by atoms with Crippen molar-refractivity contribution in [2.75, 3.05) is 45.8 Å². The van der Waals surface area contributed by atoms with E-state index in [0.717, 1.165) is 65.1 Å². The smallest absolute Gasteiger partial charge is 0.317 e. The molecule has 0 aromatic rings. The van der Waals surface area contributed by atoms with Crippen molar-refractivity contribution in [3.8, 4) is 0 Å². The summed E-state index contributed by atoms with van der Waals surface area (Å²) in [5, 5.41) is 2.88. The summed E-state index contributed by atoms with van der Waals surface area (Å²) in [6.45, 7) is 22.1. The van der Waals surface area contributed by atoms with Gasteiger partial charge in [-0.3, -0.25) is 4.90 Å². The van der Waals surface area contributed by atoms with Gasteiger partial charge in [-0.05, 0) is 37.1 Å². The van der Waals surface area contributed by atoms with E-state index >= 15 is 0 Å². The van der Waals surface area contributed by atoms with Crippen LogP contribution < -0.4 is 5.32 Å². The van der Waals surface area contributed by atoms with Gasteiger partial charge in [-0.15, -0.1) is 0 Å². The molecule has 2 aliphatic rings. The fraction of sp³-hybridized carbons (Fsp3) is 0.519. The Morgan fingerprint density at radius 1 is 1.22 bits per heavy atom. The quantitative estimate of drug-likeness (QED) is 0.408. The average Bonchev–Trinajstić information content (AvgIpc) is 3.24. The van der Waals surface area contributed by atoms with Crippen molar-refractivity contribution in [3.63, 3.8) is 0 Å². The maximum absolute atomic E-state index is 11.8. The number of carbonyl (C=O) groups is 1. The van der Waals surface area contributed by atoms with E-state index in [2.05, 4.69) is 66.5 Å². The van der Waals surface area contributed by atoms with Crippen molar-refractivity contribution in [2.45, 2.75) is 47.0 Å². The lowest BCUT2D eigenvalue weighted by atomic mass is 10.0. The van der Waals surface area contributed by atoms with Crippen LogP contribution in [0.3, 0.4) is 0 Å². The monoisotopic (exact) mass is 440 g/mol. The topological polar surface area (TPSA) is 38.8 Å². The molecule has 32 heavy (non-hydrogen) atoms. The van der Waals surface area contributed by atoms with Gasteiger partial charge in [-0.2, -0.15) is 0 Å². The van der Waals surface area contributed by atoms with Crippen molar-refractivity contribution in [3.05, 3.63) is 72.7 Å². The lowest BCUT2D eigenvalue weighted by molar-refractivity contribution is 0.200. The van der Waals surface area contributed by atoms with E-state index in [1.54, 1.807) is 0 Å². The first-order valence-electron chi connectivity index (χ1n) is 12.1. The maximum Gasteiger partial charge on any atom is 0.317 e. The zero-order valence-corrected chi connectivity index (χ0v) is 20.8. The summed E-state index contributed by atoms with van der Waals surface area (Å²) >= 11 is 0. The number of urea groups is 1. The average molecular weight is 441 g/mol. The number of nitrogens with one attached hydrogen (secondary N) is 1. The molecule has 1 N–H and O–H groups in total. The molecule has 0 unspecified atom stereocenters. The molecular weight excluding hydrogens is 396 g/mol. The highest BCUT2D eigenvalue weighted by Crippen LogP contribution is 2.24. The van der Waals surface area contributed by atoms with Gasteiger partial charge < -0.3 is 15.1 Å². The van der Waals surface area contributed by atoms with Crippen LogP contribution in [0, 0.1) is 0 Å². The zero-order chi connectivity index (χ0) is 23.8. The van der Waals surface area contributed by atoms with Crippen LogP contribution >= 0.6 is 0 Å². The van der Waals surface area contributed by atoms with Gasteiger partial charge in [0.05, 0.1) is 0 Å². The molecule has 2 aliphatic heterocycles. The third kappa shape index (κ3) is 8.91. The van der Waals surface area contributed by atoms with Gasteiger partial charge in [0.25, 0.3) is 0 Å². The summed E-state index contributed by atoms with van der Waals surface area (Å²) in [6.07, 6.45) is 17.6. The second-order valence-electron chi connectivity index (χ2n) is 7.63. The number of hydrogen-bond acceptors (Lipinski definition) is 3. The SMILES string of the molecule is C=C/C=C(\C=C)CCN(/C=C/C)C1=C(/C=C/CC)CN(CCN2CCNC2=O)CC1.CC. The first-order valence-corrected chi connectivity index (χ1v) is 12.1. The standard InChI is InChI=1S/C25H38N4O.C2H6/c1-5-9-11-23-21-27(19-20-29-18-14-26-25(29)30)16-13-24(23)28(15-7-3)17-12-22(8-4)10-6-2;1-2/h6-11,15H,2,4-5,12-14,16-21H2,1,3H3,(H,26,30);1-2H3/b11-9+,15-7+,22-10+;. The Bertz CT molecular complexity index is 717. The summed E-state index contributed by atoms with van der Waals surface area (Å²) in [5.74, 6) is 0. The molecular formula is C27H44N4O. The molecule has 1 saturated heterocycles. The molecule has 0 aliphatic carbocycles. The summed E-state index contributed by atoms with van der Waals surface area (Å²) in [5.41, 5.74) is 3.97. The Hall–Kier alpha value is -2.53. The Morgan fingerprint density at radius 2 is 2.00 bits per heavy atom. The number of rotatable bonds is 12. The number of amides is 2. The van der Waals surface area contributed by atoms with Crippen LogP contribution in [0.25, 0.3) is 0 Å². The van der Waals surface area contributed by atoms with Gasteiger partial charge in [-0.25, -0.2) is 4.79 Å². The van der Waals surface area contributed by atoms with Crippen LogP contribution in [0.15, 0.2) is 72.7 Å². The van der Waals surface area contributed by atoms with E-state index in [1.165, 1.54) is 16.8 Å². The van der Waals surface area contributed by atoms with Gasteiger partial charge in [0.15, 0.2) is 0 Å². The number of hydrogen-bond donors (Lipinski definition) is 1. The minimum absolute atomic E-state index is 0.0687. The molecule has 0 atom stereocenters. The van der Waals surface area contributed by atoms with Crippen LogP contribution in [-0.2, 0) is 0 Å². The third-order valence-corrected chi connectivity index (χ3v) is 5.53. The fourth-order valence-electron chi connectivity index (χ4n) is 3.88. The molecule has 0 saturated carbocycles. The van der Waals surface area contributed by atoms with E-state index in [1.807, 2.05) is 37.0 Å². The molecule has 2 rings (SSSR count). The molecule has 0 bridgehead atoms. The number of carbonyl (C=O) groups excluding carboxylic acids is 1. The van der Waals surface area contributed by atoms with Crippen molar-refractivity contribution in [1.82, 2.24) is 20.0 Å².